The quantitative estimate of drug-likeness (QED) is 0.644. The molecule has 0 aromatic heterocycles. The fourth-order valence-electron chi connectivity index (χ4n) is 1.94. The van der Waals surface area contributed by atoms with Gasteiger partial charge in [0.2, 0.25) is 0 Å². The van der Waals surface area contributed by atoms with Crippen molar-refractivity contribution in [2.45, 2.75) is 0 Å². The summed E-state index contributed by atoms with van der Waals surface area (Å²) in [7, 11) is 3.15. The van der Waals surface area contributed by atoms with Gasteiger partial charge in [0.05, 0.1) is 17.1 Å². The lowest BCUT2D eigenvalue weighted by Crippen LogP contribution is -2.01. The molecular weight excluding hydrogens is 294 g/mol. The van der Waals surface area contributed by atoms with Crippen LogP contribution >= 0.6 is 11.6 Å². The van der Waals surface area contributed by atoms with E-state index in [1.807, 2.05) is 0 Å². The first-order valence-corrected chi connectivity index (χ1v) is 6.50. The molecule has 0 aliphatic carbocycles. The van der Waals surface area contributed by atoms with E-state index in [2.05, 4.69) is 10.6 Å². The average molecular weight is 308 g/mol. The maximum absolute atomic E-state index is 11.2. The van der Waals surface area contributed by atoms with Gasteiger partial charge in [-0.2, -0.15) is 0 Å². The van der Waals surface area contributed by atoms with E-state index in [0.29, 0.717) is 27.8 Å². The SMILES string of the molecule is CNc1cccc(Nc2ccc(Cl)c(OC)c2)c1[N+](=O)[O-]. The molecule has 0 fully saturated rings. The number of nitrogens with zero attached hydrogens (tertiary/aromatic N) is 1. The summed E-state index contributed by atoms with van der Waals surface area (Å²) >= 11 is 5.96. The highest BCUT2D eigenvalue weighted by Gasteiger charge is 2.19. The fraction of sp³-hybridized carbons (Fsp3) is 0.143. The molecule has 0 atom stereocenters. The Balaban J connectivity index is 2.42. The topological polar surface area (TPSA) is 76.4 Å². The van der Waals surface area contributed by atoms with Crippen LogP contribution in [0.15, 0.2) is 36.4 Å². The molecular formula is C14H14ClN3O3. The highest BCUT2D eigenvalue weighted by atomic mass is 35.5. The third-order valence-electron chi connectivity index (χ3n) is 2.92. The summed E-state index contributed by atoms with van der Waals surface area (Å²) in [5.74, 6) is 0.495. The predicted molar refractivity (Wildman–Crippen MR) is 83.9 cm³/mol. The van der Waals surface area contributed by atoms with Crippen molar-refractivity contribution in [1.82, 2.24) is 0 Å². The summed E-state index contributed by atoms with van der Waals surface area (Å²) in [6.07, 6.45) is 0. The van der Waals surface area contributed by atoms with E-state index < -0.39 is 4.92 Å². The van der Waals surface area contributed by atoms with Gasteiger partial charge < -0.3 is 15.4 Å². The highest BCUT2D eigenvalue weighted by Crippen LogP contribution is 2.36. The Morgan fingerprint density at radius 2 is 1.95 bits per heavy atom. The van der Waals surface area contributed by atoms with E-state index in [0.717, 1.165) is 0 Å². The number of nitro groups is 1. The van der Waals surface area contributed by atoms with Gasteiger partial charge in [0.1, 0.15) is 17.1 Å². The fourth-order valence-corrected chi connectivity index (χ4v) is 2.13. The molecule has 0 aliphatic rings. The van der Waals surface area contributed by atoms with Crippen LogP contribution in [-0.2, 0) is 0 Å². The molecule has 0 aliphatic heterocycles. The summed E-state index contributed by atoms with van der Waals surface area (Å²) in [6.45, 7) is 0. The second kappa shape index (κ2) is 6.32. The number of para-hydroxylation sites is 1. The molecule has 110 valence electrons. The molecule has 6 nitrogen and oxygen atoms in total. The van der Waals surface area contributed by atoms with Gasteiger partial charge in [0.25, 0.3) is 0 Å². The number of nitro benzene ring substituents is 1. The van der Waals surface area contributed by atoms with Crippen LogP contribution in [0.25, 0.3) is 0 Å². The molecule has 2 aromatic rings. The number of methoxy groups -OCH3 is 1. The number of ether oxygens (including phenoxy) is 1. The lowest BCUT2D eigenvalue weighted by Gasteiger charge is -2.11. The minimum absolute atomic E-state index is 0.0195. The van der Waals surface area contributed by atoms with Gasteiger partial charge >= 0.3 is 5.69 Å². The van der Waals surface area contributed by atoms with Gasteiger partial charge in [-0.1, -0.05) is 17.7 Å². The molecule has 2 rings (SSSR count). The molecule has 0 unspecified atom stereocenters. The Hall–Kier alpha value is -2.47. The second-order valence-electron chi connectivity index (χ2n) is 4.18. The first-order chi connectivity index (χ1) is 10.1. The van der Waals surface area contributed by atoms with E-state index >= 15 is 0 Å². The zero-order chi connectivity index (χ0) is 15.4. The van der Waals surface area contributed by atoms with Gasteiger partial charge in [-0.05, 0) is 24.3 Å². The van der Waals surface area contributed by atoms with E-state index in [1.165, 1.54) is 7.11 Å². The van der Waals surface area contributed by atoms with Crippen LogP contribution in [0.1, 0.15) is 0 Å². The number of hydrogen-bond donors (Lipinski definition) is 2. The molecule has 2 N–H and O–H groups in total. The molecule has 0 heterocycles. The van der Waals surface area contributed by atoms with Crippen LogP contribution in [0.2, 0.25) is 5.02 Å². The molecule has 2 aromatic carbocycles. The van der Waals surface area contributed by atoms with Crippen LogP contribution in [0, 0.1) is 10.1 Å². The molecule has 7 heteroatoms. The zero-order valence-electron chi connectivity index (χ0n) is 11.5. The van der Waals surface area contributed by atoms with E-state index in [9.17, 15) is 10.1 Å². The second-order valence-corrected chi connectivity index (χ2v) is 4.59. The summed E-state index contributed by atoms with van der Waals surface area (Å²) in [6, 6.07) is 10.1. The van der Waals surface area contributed by atoms with Crippen LogP contribution < -0.4 is 15.4 Å². The number of rotatable bonds is 5. The Labute approximate surface area is 126 Å². The Morgan fingerprint density at radius 1 is 1.24 bits per heavy atom. The van der Waals surface area contributed by atoms with Crippen molar-refractivity contribution in [2.24, 2.45) is 0 Å². The minimum Gasteiger partial charge on any atom is -0.495 e. The molecule has 0 bridgehead atoms. The van der Waals surface area contributed by atoms with Crippen molar-refractivity contribution in [3.63, 3.8) is 0 Å². The van der Waals surface area contributed by atoms with E-state index in [-0.39, 0.29) is 5.69 Å². The predicted octanol–water partition coefficient (Wildman–Crippen LogP) is 4.04. The third-order valence-corrected chi connectivity index (χ3v) is 3.23. The Kier molecular flexibility index (Phi) is 4.49. The number of hydrogen-bond acceptors (Lipinski definition) is 5. The lowest BCUT2D eigenvalue weighted by molar-refractivity contribution is -0.383. The van der Waals surface area contributed by atoms with Crippen LogP contribution in [0.3, 0.4) is 0 Å². The first-order valence-electron chi connectivity index (χ1n) is 6.12. The van der Waals surface area contributed by atoms with Gasteiger partial charge in [-0.15, -0.1) is 0 Å². The number of benzene rings is 2. The van der Waals surface area contributed by atoms with Crippen molar-refractivity contribution in [2.75, 3.05) is 24.8 Å². The number of anilines is 3. The monoisotopic (exact) mass is 307 g/mol. The van der Waals surface area contributed by atoms with Crippen molar-refractivity contribution in [3.05, 3.63) is 51.5 Å². The van der Waals surface area contributed by atoms with Crippen LogP contribution in [-0.4, -0.2) is 19.1 Å². The summed E-state index contributed by atoms with van der Waals surface area (Å²) in [5.41, 5.74) is 1.45. The lowest BCUT2D eigenvalue weighted by atomic mass is 10.2. The smallest absolute Gasteiger partial charge is 0.315 e. The molecule has 0 spiro atoms. The van der Waals surface area contributed by atoms with E-state index in [1.54, 1.807) is 43.4 Å². The van der Waals surface area contributed by atoms with E-state index in [4.69, 9.17) is 16.3 Å². The molecule has 21 heavy (non-hydrogen) atoms. The summed E-state index contributed by atoms with van der Waals surface area (Å²) in [5, 5.41) is 17.5. The molecule has 0 saturated carbocycles. The Bertz CT molecular complexity index is 677. The van der Waals surface area contributed by atoms with Crippen molar-refractivity contribution in [1.29, 1.82) is 0 Å². The zero-order valence-corrected chi connectivity index (χ0v) is 12.3. The van der Waals surface area contributed by atoms with Gasteiger partial charge in [0, 0.05) is 18.8 Å². The van der Waals surface area contributed by atoms with Crippen LogP contribution in [0.5, 0.6) is 5.75 Å². The number of nitrogens with one attached hydrogen (secondary N) is 2. The molecule has 0 amide bonds. The minimum atomic E-state index is -0.429. The largest absolute Gasteiger partial charge is 0.495 e. The standard InChI is InChI=1S/C14H14ClN3O3/c1-16-11-4-3-5-12(14(11)18(19)20)17-9-6-7-10(15)13(8-9)21-2/h3-8,16-17H,1-2H3. The maximum atomic E-state index is 11.2. The first kappa shape index (κ1) is 14.9. The van der Waals surface area contributed by atoms with Gasteiger partial charge in [-0.25, -0.2) is 0 Å². The molecule has 0 radical (unpaired) electrons. The normalized spacial score (nSPS) is 10.0. The number of halogens is 1. The average Bonchev–Trinajstić information content (AvgIpc) is 2.48. The summed E-state index contributed by atoms with van der Waals surface area (Å²) in [4.78, 5) is 10.8. The van der Waals surface area contributed by atoms with Crippen LogP contribution in [0.4, 0.5) is 22.7 Å². The Morgan fingerprint density at radius 3 is 2.57 bits per heavy atom. The van der Waals surface area contributed by atoms with Crippen molar-refractivity contribution in [3.8, 4) is 5.75 Å². The molecule has 0 saturated heterocycles. The van der Waals surface area contributed by atoms with Crippen molar-refractivity contribution < 1.29 is 9.66 Å². The maximum Gasteiger partial charge on any atom is 0.315 e. The van der Waals surface area contributed by atoms with Crippen molar-refractivity contribution >= 4 is 34.4 Å². The van der Waals surface area contributed by atoms with Gasteiger partial charge in [-0.3, -0.25) is 10.1 Å². The third kappa shape index (κ3) is 3.17. The highest BCUT2D eigenvalue weighted by molar-refractivity contribution is 6.32. The summed E-state index contributed by atoms with van der Waals surface area (Å²) < 4.78 is 5.13. The van der Waals surface area contributed by atoms with Gasteiger partial charge in [0.15, 0.2) is 0 Å².